The van der Waals surface area contributed by atoms with E-state index in [1.54, 1.807) is 26.8 Å². The number of amides is 1. The lowest BCUT2D eigenvalue weighted by atomic mass is 10.0. The van der Waals surface area contributed by atoms with Crippen LogP contribution in [0.4, 0.5) is 4.79 Å². The van der Waals surface area contributed by atoms with Crippen molar-refractivity contribution < 1.29 is 19.7 Å². The zero-order chi connectivity index (χ0) is 21.3. The third-order valence-corrected chi connectivity index (χ3v) is 4.62. The van der Waals surface area contributed by atoms with Gasteiger partial charge in [0.25, 0.3) is 0 Å². The van der Waals surface area contributed by atoms with Crippen LogP contribution in [0, 0.1) is 0 Å². The third kappa shape index (κ3) is 17.1. The minimum atomic E-state index is -0.926. The largest absolute Gasteiger partial charge is 0.444 e. The third-order valence-electron chi connectivity index (χ3n) is 4.62. The maximum atomic E-state index is 11.7. The summed E-state index contributed by atoms with van der Waals surface area (Å²) in [6.07, 6.45) is 17.3. The van der Waals surface area contributed by atoms with Gasteiger partial charge in [-0.15, -0.1) is 0 Å². The molecule has 2 atom stereocenters. The van der Waals surface area contributed by atoms with Gasteiger partial charge in [0, 0.05) is 0 Å². The van der Waals surface area contributed by atoms with E-state index in [2.05, 4.69) is 12.2 Å². The van der Waals surface area contributed by atoms with Gasteiger partial charge in [0.2, 0.25) is 0 Å². The predicted octanol–water partition coefficient (Wildman–Crippen LogP) is 5.49. The second kappa shape index (κ2) is 16.8. The molecule has 0 rings (SSSR count). The molecule has 0 aromatic rings. The molecule has 28 heavy (non-hydrogen) atoms. The molecule has 0 aliphatic heterocycles. The highest BCUT2D eigenvalue weighted by atomic mass is 16.6. The zero-order valence-electron chi connectivity index (χ0n) is 18.7. The van der Waals surface area contributed by atoms with E-state index < -0.39 is 23.8 Å². The van der Waals surface area contributed by atoms with Crippen LogP contribution in [0.2, 0.25) is 0 Å². The maximum absolute atomic E-state index is 11.7. The zero-order valence-corrected chi connectivity index (χ0v) is 18.7. The number of rotatable bonds is 16. The summed E-state index contributed by atoms with van der Waals surface area (Å²) in [7, 11) is 0. The van der Waals surface area contributed by atoms with Crippen LogP contribution < -0.4 is 5.32 Å². The Morgan fingerprint density at radius 3 is 1.93 bits per heavy atom. The molecular formula is C23H45NO4. The van der Waals surface area contributed by atoms with Crippen molar-refractivity contribution in [1.29, 1.82) is 0 Å². The van der Waals surface area contributed by atoms with Crippen molar-refractivity contribution in [3.8, 4) is 0 Å². The highest BCUT2D eigenvalue weighted by Crippen LogP contribution is 2.12. The topological polar surface area (TPSA) is 78.8 Å². The number of alkyl carbamates (subject to hydrolysis) is 1. The number of hydrogen-bond donors (Lipinski definition) is 3. The standard InChI is InChI=1S/C23H45NO4/c1-5-6-7-8-9-10-11-12-13-14-15-16-17-18-21(26)20(19-25)24-22(27)28-23(2,3)4/h17-18,20-21,25-26H,5-16,19H2,1-4H3,(H,24,27)/t20-,21-/m0/s1. The summed E-state index contributed by atoms with van der Waals surface area (Å²) in [5.41, 5.74) is -0.611. The van der Waals surface area contributed by atoms with Gasteiger partial charge in [0.1, 0.15) is 5.60 Å². The Kier molecular flexibility index (Phi) is 16.2. The number of unbranched alkanes of at least 4 members (excludes halogenated alkanes) is 11. The Morgan fingerprint density at radius 1 is 0.964 bits per heavy atom. The molecule has 0 saturated heterocycles. The van der Waals surface area contributed by atoms with Gasteiger partial charge in [-0.25, -0.2) is 4.79 Å². The summed E-state index contributed by atoms with van der Waals surface area (Å²) in [5.74, 6) is 0. The monoisotopic (exact) mass is 399 g/mol. The fourth-order valence-electron chi connectivity index (χ4n) is 2.99. The average molecular weight is 400 g/mol. The van der Waals surface area contributed by atoms with Crippen LogP contribution in [-0.4, -0.2) is 40.7 Å². The number of carbonyl (C=O) groups excluding carboxylic acids is 1. The van der Waals surface area contributed by atoms with Crippen molar-refractivity contribution in [3.05, 3.63) is 12.2 Å². The quantitative estimate of drug-likeness (QED) is 0.237. The van der Waals surface area contributed by atoms with E-state index in [9.17, 15) is 15.0 Å². The Hall–Kier alpha value is -1.07. The van der Waals surface area contributed by atoms with Gasteiger partial charge in [-0.3, -0.25) is 0 Å². The van der Waals surface area contributed by atoms with E-state index in [0.29, 0.717) is 0 Å². The van der Waals surface area contributed by atoms with Crippen LogP contribution in [0.15, 0.2) is 12.2 Å². The average Bonchev–Trinajstić information content (AvgIpc) is 2.61. The first-order valence-electron chi connectivity index (χ1n) is 11.2. The molecule has 5 heteroatoms. The van der Waals surface area contributed by atoms with Crippen molar-refractivity contribution in [2.75, 3.05) is 6.61 Å². The molecule has 166 valence electrons. The molecule has 3 N–H and O–H groups in total. The molecule has 0 heterocycles. The SMILES string of the molecule is CCCCCCCCCCCCCC=C[C@H](O)[C@H](CO)NC(=O)OC(C)(C)C. The lowest BCUT2D eigenvalue weighted by molar-refractivity contribution is 0.0405. The van der Waals surface area contributed by atoms with E-state index in [1.807, 2.05) is 6.08 Å². The van der Waals surface area contributed by atoms with Crippen LogP contribution in [0.5, 0.6) is 0 Å². The molecule has 0 aromatic carbocycles. The number of hydrogen-bond acceptors (Lipinski definition) is 4. The number of ether oxygens (including phenoxy) is 1. The van der Waals surface area contributed by atoms with Crippen molar-refractivity contribution in [2.24, 2.45) is 0 Å². The van der Waals surface area contributed by atoms with Crippen molar-refractivity contribution >= 4 is 6.09 Å². The Morgan fingerprint density at radius 2 is 1.46 bits per heavy atom. The molecular weight excluding hydrogens is 354 g/mol. The summed E-state index contributed by atoms with van der Waals surface area (Å²) in [6.45, 7) is 7.21. The first-order valence-corrected chi connectivity index (χ1v) is 11.2. The predicted molar refractivity (Wildman–Crippen MR) is 116 cm³/mol. The van der Waals surface area contributed by atoms with Crippen LogP contribution in [0.25, 0.3) is 0 Å². The fraction of sp³-hybridized carbons (Fsp3) is 0.870. The van der Waals surface area contributed by atoms with Gasteiger partial charge in [-0.1, -0.05) is 83.3 Å². The van der Waals surface area contributed by atoms with Crippen LogP contribution >= 0.6 is 0 Å². The summed E-state index contributed by atoms with van der Waals surface area (Å²) in [4.78, 5) is 11.7. The van der Waals surface area contributed by atoms with Gasteiger partial charge in [-0.2, -0.15) is 0 Å². The lowest BCUT2D eigenvalue weighted by Gasteiger charge is -2.24. The van der Waals surface area contributed by atoms with E-state index >= 15 is 0 Å². The summed E-state index contributed by atoms with van der Waals surface area (Å²) >= 11 is 0. The number of allylic oxidation sites excluding steroid dienone is 1. The highest BCUT2D eigenvalue weighted by molar-refractivity contribution is 5.68. The fourth-order valence-corrected chi connectivity index (χ4v) is 2.99. The molecule has 0 spiro atoms. The van der Waals surface area contributed by atoms with E-state index in [1.165, 1.54) is 64.2 Å². The molecule has 0 aliphatic rings. The second-order valence-electron chi connectivity index (χ2n) is 8.68. The minimum absolute atomic E-state index is 0.344. The van der Waals surface area contributed by atoms with Crippen LogP contribution in [-0.2, 0) is 4.74 Å². The molecule has 1 amide bonds. The van der Waals surface area contributed by atoms with Crippen molar-refractivity contribution in [2.45, 2.75) is 122 Å². The molecule has 5 nitrogen and oxygen atoms in total. The normalized spacial score (nSPS) is 14.2. The number of nitrogens with one attached hydrogen (secondary N) is 1. The minimum Gasteiger partial charge on any atom is -0.444 e. The molecule has 0 aliphatic carbocycles. The van der Waals surface area contributed by atoms with Crippen molar-refractivity contribution in [3.63, 3.8) is 0 Å². The number of carbonyl (C=O) groups is 1. The molecule has 0 saturated carbocycles. The van der Waals surface area contributed by atoms with Gasteiger partial charge in [-0.05, 0) is 33.6 Å². The molecule has 0 bridgehead atoms. The molecule has 0 fully saturated rings. The lowest BCUT2D eigenvalue weighted by Crippen LogP contribution is -2.47. The summed E-state index contributed by atoms with van der Waals surface area (Å²) < 4.78 is 5.15. The molecule has 0 unspecified atom stereocenters. The van der Waals surface area contributed by atoms with Gasteiger partial charge in [0.15, 0.2) is 0 Å². The molecule has 0 aromatic heterocycles. The van der Waals surface area contributed by atoms with Crippen LogP contribution in [0.1, 0.15) is 105 Å². The first kappa shape index (κ1) is 26.9. The number of aliphatic hydroxyl groups is 2. The van der Waals surface area contributed by atoms with E-state index in [-0.39, 0.29) is 6.61 Å². The summed E-state index contributed by atoms with van der Waals surface area (Å²) in [6, 6.07) is -0.761. The Labute approximate surface area is 172 Å². The highest BCUT2D eigenvalue weighted by Gasteiger charge is 2.22. The van der Waals surface area contributed by atoms with E-state index in [4.69, 9.17) is 4.74 Å². The maximum Gasteiger partial charge on any atom is 0.408 e. The van der Waals surface area contributed by atoms with Crippen molar-refractivity contribution in [1.82, 2.24) is 5.32 Å². The van der Waals surface area contributed by atoms with E-state index in [0.717, 1.165) is 12.8 Å². The van der Waals surface area contributed by atoms with Gasteiger partial charge in [0.05, 0.1) is 18.8 Å². The number of aliphatic hydroxyl groups excluding tert-OH is 2. The first-order chi connectivity index (χ1) is 13.3. The van der Waals surface area contributed by atoms with Gasteiger partial charge < -0.3 is 20.3 Å². The molecule has 0 radical (unpaired) electrons. The Bertz CT molecular complexity index is 404. The summed E-state index contributed by atoms with van der Waals surface area (Å²) in [5, 5.41) is 22.0. The Balaban J connectivity index is 3.75. The second-order valence-corrected chi connectivity index (χ2v) is 8.68. The van der Waals surface area contributed by atoms with Crippen LogP contribution in [0.3, 0.4) is 0 Å². The van der Waals surface area contributed by atoms with Gasteiger partial charge >= 0.3 is 6.09 Å². The smallest absolute Gasteiger partial charge is 0.408 e.